The number of fused-ring (bicyclic) bond motifs is 1. The molecule has 0 radical (unpaired) electrons. The van der Waals surface area contributed by atoms with Gasteiger partial charge in [-0.3, -0.25) is 9.59 Å². The molecule has 0 aromatic heterocycles. The molecule has 34 heavy (non-hydrogen) atoms. The second-order valence-corrected chi connectivity index (χ2v) is 8.88. The number of rotatable bonds is 7. The molecule has 176 valence electrons. The molecule has 4 rings (SSSR count). The van der Waals surface area contributed by atoms with E-state index in [0.717, 1.165) is 23.4 Å². The maximum absolute atomic E-state index is 13.6. The summed E-state index contributed by atoms with van der Waals surface area (Å²) in [4.78, 5) is 30.7. The molecule has 5 heteroatoms. The summed E-state index contributed by atoms with van der Waals surface area (Å²) in [5.41, 5.74) is 2.68. The predicted octanol–water partition coefficient (Wildman–Crippen LogP) is 6.01. The molecule has 0 spiro atoms. The minimum Gasteiger partial charge on any atom is -0.484 e. The lowest BCUT2D eigenvalue weighted by Crippen LogP contribution is -2.49. The fraction of sp³-hybridized carbons (Fsp3) is 0.310. The molecular formula is C29H32N2O3. The zero-order valence-electron chi connectivity index (χ0n) is 20.1. The van der Waals surface area contributed by atoms with Crippen LogP contribution in [0.3, 0.4) is 0 Å². The molecule has 5 nitrogen and oxygen atoms in total. The smallest absolute Gasteiger partial charge is 0.265 e. The lowest BCUT2D eigenvalue weighted by Gasteiger charge is -2.44. The van der Waals surface area contributed by atoms with Crippen molar-refractivity contribution in [2.45, 2.75) is 45.7 Å². The van der Waals surface area contributed by atoms with Crippen molar-refractivity contribution in [2.24, 2.45) is 5.92 Å². The first kappa shape index (κ1) is 23.6. The average Bonchev–Trinajstić information content (AvgIpc) is 2.88. The Bertz CT molecular complexity index is 1120. The number of hydrogen-bond donors (Lipinski definition) is 0. The van der Waals surface area contributed by atoms with Gasteiger partial charge in [-0.25, -0.2) is 0 Å². The fourth-order valence-corrected chi connectivity index (χ4v) is 4.59. The van der Waals surface area contributed by atoms with Crippen LogP contribution in [0.1, 0.15) is 45.2 Å². The zero-order chi connectivity index (χ0) is 24.1. The second kappa shape index (κ2) is 10.6. The van der Waals surface area contributed by atoms with Crippen molar-refractivity contribution in [1.82, 2.24) is 0 Å². The first-order chi connectivity index (χ1) is 16.5. The molecule has 1 aliphatic heterocycles. The topological polar surface area (TPSA) is 49.9 Å². The van der Waals surface area contributed by atoms with Crippen molar-refractivity contribution < 1.29 is 14.3 Å². The predicted molar refractivity (Wildman–Crippen MR) is 136 cm³/mol. The van der Waals surface area contributed by atoms with E-state index in [2.05, 4.69) is 6.92 Å². The van der Waals surface area contributed by atoms with E-state index in [9.17, 15) is 9.59 Å². The van der Waals surface area contributed by atoms with E-state index in [1.54, 1.807) is 0 Å². The molecule has 0 saturated heterocycles. The third-order valence-corrected chi connectivity index (χ3v) is 6.55. The molecule has 3 atom stereocenters. The van der Waals surface area contributed by atoms with Crippen LogP contribution in [0.5, 0.6) is 5.75 Å². The first-order valence-corrected chi connectivity index (χ1v) is 12.0. The summed E-state index contributed by atoms with van der Waals surface area (Å²) in [6.07, 6.45) is 1.43. The van der Waals surface area contributed by atoms with Crippen LogP contribution in [0.15, 0.2) is 84.9 Å². The normalized spacial score (nSPS) is 18.0. The van der Waals surface area contributed by atoms with Crippen LogP contribution in [0.25, 0.3) is 0 Å². The van der Waals surface area contributed by atoms with E-state index < -0.39 is 0 Å². The van der Waals surface area contributed by atoms with Crippen molar-refractivity contribution in [3.8, 4) is 5.75 Å². The van der Waals surface area contributed by atoms with E-state index in [0.29, 0.717) is 12.2 Å². The van der Waals surface area contributed by atoms with Gasteiger partial charge < -0.3 is 14.5 Å². The Labute approximate surface area is 202 Å². The van der Waals surface area contributed by atoms with Gasteiger partial charge in [0.2, 0.25) is 5.91 Å². The van der Waals surface area contributed by atoms with Crippen LogP contribution < -0.4 is 14.5 Å². The molecule has 3 aromatic rings. The van der Waals surface area contributed by atoms with E-state index in [1.165, 1.54) is 0 Å². The monoisotopic (exact) mass is 456 g/mol. The standard InChI is InChI=1S/C29H32N2O3/c1-4-21(2)29(33)30-22(3)19-27(25-17-11-12-18-26(25)30)31(23-13-7-5-8-14-23)28(32)20-34-24-15-9-6-10-16-24/h5-18,21-22,27H,4,19-20H2,1-3H3/t21-,22-,27-/m0/s1. The molecule has 0 saturated carbocycles. The van der Waals surface area contributed by atoms with E-state index in [1.807, 2.05) is 109 Å². The third kappa shape index (κ3) is 4.84. The number of benzene rings is 3. The highest BCUT2D eigenvalue weighted by molar-refractivity contribution is 5.99. The average molecular weight is 457 g/mol. The summed E-state index contributed by atoms with van der Waals surface area (Å²) in [5.74, 6) is 0.611. The number of hydrogen-bond acceptors (Lipinski definition) is 3. The highest BCUT2D eigenvalue weighted by Gasteiger charge is 2.39. The van der Waals surface area contributed by atoms with Crippen LogP contribution in [-0.2, 0) is 9.59 Å². The van der Waals surface area contributed by atoms with Crippen LogP contribution in [0.4, 0.5) is 11.4 Å². The maximum Gasteiger partial charge on any atom is 0.265 e. The number of anilines is 2. The molecular weight excluding hydrogens is 424 g/mol. The quantitative estimate of drug-likeness (QED) is 0.437. The van der Waals surface area contributed by atoms with E-state index in [4.69, 9.17) is 4.74 Å². The molecule has 0 aliphatic carbocycles. The summed E-state index contributed by atoms with van der Waals surface area (Å²) >= 11 is 0. The van der Waals surface area contributed by atoms with Gasteiger partial charge in [-0.05, 0) is 55.7 Å². The second-order valence-electron chi connectivity index (χ2n) is 8.88. The number of carbonyl (C=O) groups is 2. The van der Waals surface area contributed by atoms with Crippen molar-refractivity contribution in [3.63, 3.8) is 0 Å². The molecule has 1 heterocycles. The van der Waals surface area contributed by atoms with Gasteiger partial charge in [0, 0.05) is 23.3 Å². The fourth-order valence-electron chi connectivity index (χ4n) is 4.59. The Kier molecular flexibility index (Phi) is 7.31. The van der Waals surface area contributed by atoms with E-state index in [-0.39, 0.29) is 36.4 Å². The lowest BCUT2D eigenvalue weighted by atomic mass is 9.88. The van der Waals surface area contributed by atoms with Gasteiger partial charge in [-0.2, -0.15) is 0 Å². The summed E-state index contributed by atoms with van der Waals surface area (Å²) in [6.45, 7) is 6.01. The third-order valence-electron chi connectivity index (χ3n) is 6.55. The lowest BCUT2D eigenvalue weighted by molar-refractivity contribution is -0.122. The summed E-state index contributed by atoms with van der Waals surface area (Å²) in [6, 6.07) is 26.8. The minimum absolute atomic E-state index is 0.0459. The van der Waals surface area contributed by atoms with E-state index >= 15 is 0 Å². The van der Waals surface area contributed by atoms with Crippen molar-refractivity contribution in [2.75, 3.05) is 16.4 Å². The number of nitrogens with zero attached hydrogens (tertiary/aromatic N) is 2. The number of amides is 2. The largest absolute Gasteiger partial charge is 0.484 e. The number of ether oxygens (including phenoxy) is 1. The van der Waals surface area contributed by atoms with Gasteiger partial charge in [-0.15, -0.1) is 0 Å². The van der Waals surface area contributed by atoms with Crippen LogP contribution in [0, 0.1) is 5.92 Å². The highest BCUT2D eigenvalue weighted by atomic mass is 16.5. The highest BCUT2D eigenvalue weighted by Crippen LogP contribution is 2.42. The Morgan fingerprint density at radius 1 is 0.971 bits per heavy atom. The molecule has 0 fully saturated rings. The van der Waals surface area contributed by atoms with Crippen molar-refractivity contribution in [3.05, 3.63) is 90.5 Å². The zero-order valence-corrected chi connectivity index (χ0v) is 20.1. The van der Waals surface area contributed by atoms with Gasteiger partial charge in [0.25, 0.3) is 5.91 Å². The molecule has 2 amide bonds. The number of para-hydroxylation sites is 3. The van der Waals surface area contributed by atoms with Crippen molar-refractivity contribution >= 4 is 23.2 Å². The first-order valence-electron chi connectivity index (χ1n) is 12.0. The number of carbonyl (C=O) groups excluding carboxylic acids is 2. The van der Waals surface area contributed by atoms with Gasteiger partial charge in [0.15, 0.2) is 6.61 Å². The molecule has 0 unspecified atom stereocenters. The van der Waals surface area contributed by atoms with Gasteiger partial charge >= 0.3 is 0 Å². The van der Waals surface area contributed by atoms with Crippen molar-refractivity contribution in [1.29, 1.82) is 0 Å². The van der Waals surface area contributed by atoms with Crippen LogP contribution in [0.2, 0.25) is 0 Å². The Balaban J connectivity index is 1.71. The molecule has 0 N–H and O–H groups in total. The van der Waals surface area contributed by atoms with Gasteiger partial charge in [-0.1, -0.05) is 68.4 Å². The summed E-state index contributed by atoms with van der Waals surface area (Å²) in [5, 5.41) is 0. The SMILES string of the molecule is CC[C@H](C)C(=O)N1c2ccccc2[C@@H](N(C(=O)COc2ccccc2)c2ccccc2)C[C@@H]1C. The van der Waals surface area contributed by atoms with Crippen LogP contribution >= 0.6 is 0 Å². The Hall–Kier alpha value is -3.60. The summed E-state index contributed by atoms with van der Waals surface area (Å²) in [7, 11) is 0. The Morgan fingerprint density at radius 3 is 2.26 bits per heavy atom. The molecule has 1 aliphatic rings. The maximum atomic E-state index is 13.6. The van der Waals surface area contributed by atoms with Gasteiger partial charge in [0.05, 0.1) is 6.04 Å². The van der Waals surface area contributed by atoms with Gasteiger partial charge in [0.1, 0.15) is 5.75 Å². The van der Waals surface area contributed by atoms with Crippen LogP contribution in [-0.4, -0.2) is 24.5 Å². The molecule has 0 bridgehead atoms. The minimum atomic E-state index is -0.207. The Morgan fingerprint density at radius 2 is 1.59 bits per heavy atom. The summed E-state index contributed by atoms with van der Waals surface area (Å²) < 4.78 is 5.83. The molecule has 3 aromatic carbocycles.